The Morgan fingerprint density at radius 1 is 0.284 bits per heavy atom. The Labute approximate surface area is 458 Å². The molecular formula is C68H118O6. The van der Waals surface area contributed by atoms with Crippen LogP contribution in [-0.2, 0) is 28.6 Å². The van der Waals surface area contributed by atoms with E-state index in [4.69, 9.17) is 14.2 Å². The minimum absolute atomic E-state index is 0.0975. The van der Waals surface area contributed by atoms with Crippen LogP contribution in [0.5, 0.6) is 0 Å². The highest BCUT2D eigenvalue weighted by Crippen LogP contribution is 2.17. The molecule has 0 radical (unpaired) electrons. The van der Waals surface area contributed by atoms with Crippen LogP contribution in [0.15, 0.2) is 85.1 Å². The maximum Gasteiger partial charge on any atom is 0.306 e. The highest BCUT2D eigenvalue weighted by molar-refractivity contribution is 5.71. The smallest absolute Gasteiger partial charge is 0.306 e. The first-order chi connectivity index (χ1) is 36.5. The summed E-state index contributed by atoms with van der Waals surface area (Å²) in [7, 11) is 0. The van der Waals surface area contributed by atoms with Crippen LogP contribution in [0.1, 0.15) is 310 Å². The quantitative estimate of drug-likeness (QED) is 0.0261. The van der Waals surface area contributed by atoms with Crippen molar-refractivity contribution in [2.24, 2.45) is 0 Å². The van der Waals surface area contributed by atoms with Gasteiger partial charge in [0.2, 0.25) is 0 Å². The highest BCUT2D eigenvalue weighted by atomic mass is 16.6. The van der Waals surface area contributed by atoms with Crippen molar-refractivity contribution >= 4 is 17.9 Å². The summed E-state index contributed by atoms with van der Waals surface area (Å²) in [6, 6.07) is 0. The van der Waals surface area contributed by atoms with Crippen molar-refractivity contribution in [3.05, 3.63) is 85.1 Å². The van der Waals surface area contributed by atoms with Crippen LogP contribution in [-0.4, -0.2) is 37.2 Å². The molecule has 1 unspecified atom stereocenters. The Morgan fingerprint density at radius 2 is 0.527 bits per heavy atom. The summed E-state index contributed by atoms with van der Waals surface area (Å²) in [6.07, 6.45) is 82.3. The van der Waals surface area contributed by atoms with Gasteiger partial charge in [0.25, 0.3) is 0 Å². The van der Waals surface area contributed by atoms with Crippen LogP contribution in [0, 0.1) is 0 Å². The summed E-state index contributed by atoms with van der Waals surface area (Å²) in [5, 5.41) is 0. The van der Waals surface area contributed by atoms with Crippen LogP contribution in [0.2, 0.25) is 0 Å². The molecule has 74 heavy (non-hydrogen) atoms. The molecule has 0 aromatic heterocycles. The van der Waals surface area contributed by atoms with Gasteiger partial charge in [-0.25, -0.2) is 0 Å². The Balaban J connectivity index is 4.09. The third kappa shape index (κ3) is 59.5. The topological polar surface area (TPSA) is 78.9 Å². The number of rotatable bonds is 57. The predicted octanol–water partition coefficient (Wildman–Crippen LogP) is 21.5. The molecule has 0 amide bonds. The first kappa shape index (κ1) is 70.6. The maximum atomic E-state index is 12.8. The first-order valence-corrected chi connectivity index (χ1v) is 31.6. The van der Waals surface area contributed by atoms with E-state index in [1.807, 2.05) is 0 Å². The second-order valence-corrected chi connectivity index (χ2v) is 21.0. The molecule has 0 N–H and O–H groups in total. The molecule has 0 aromatic rings. The van der Waals surface area contributed by atoms with Crippen molar-refractivity contribution in [1.82, 2.24) is 0 Å². The van der Waals surface area contributed by atoms with E-state index in [0.29, 0.717) is 19.3 Å². The van der Waals surface area contributed by atoms with Crippen molar-refractivity contribution in [2.45, 2.75) is 316 Å². The third-order valence-corrected chi connectivity index (χ3v) is 13.7. The molecular weight excluding hydrogens is 913 g/mol. The number of allylic oxidation sites excluding steroid dienone is 14. The van der Waals surface area contributed by atoms with Gasteiger partial charge in [0.05, 0.1) is 0 Å². The molecule has 0 saturated carbocycles. The van der Waals surface area contributed by atoms with E-state index in [-0.39, 0.29) is 37.5 Å². The predicted molar refractivity (Wildman–Crippen MR) is 321 cm³/mol. The summed E-state index contributed by atoms with van der Waals surface area (Å²) < 4.78 is 16.7. The Bertz CT molecular complexity index is 1420. The Morgan fingerprint density at radius 3 is 0.811 bits per heavy atom. The Kier molecular flexibility index (Phi) is 59.3. The van der Waals surface area contributed by atoms with Gasteiger partial charge in [0, 0.05) is 19.3 Å². The molecule has 1 atom stereocenters. The number of carbonyl (C=O) groups excluding carboxylic acids is 3. The van der Waals surface area contributed by atoms with Crippen molar-refractivity contribution in [3.8, 4) is 0 Å². The zero-order valence-electron chi connectivity index (χ0n) is 48.8. The van der Waals surface area contributed by atoms with Crippen molar-refractivity contribution in [1.29, 1.82) is 0 Å². The van der Waals surface area contributed by atoms with Crippen LogP contribution in [0.25, 0.3) is 0 Å². The SMILES string of the molecule is CC/C=C\C/C=C\C/C=C\C/C=C\C/C=C\C/C=C\C/C=C\CCCC(=O)OC(COC(=O)CCCCCCC)COC(=O)CCCCCCCCCCCCCCCCCCCCCCCCCCCCCC. The molecule has 0 aliphatic rings. The van der Waals surface area contributed by atoms with E-state index >= 15 is 0 Å². The van der Waals surface area contributed by atoms with Crippen molar-refractivity contribution in [3.63, 3.8) is 0 Å². The van der Waals surface area contributed by atoms with E-state index < -0.39 is 6.10 Å². The standard InChI is InChI=1S/C68H118O6/c1-4-7-10-13-15-17-19-21-23-25-27-29-31-32-33-34-35-37-38-40-42-44-46-48-50-52-55-58-61-67(70)73-64-65(63-72-66(69)60-57-54-12-9-6-3)74-68(71)62-59-56-53-51-49-47-45-43-41-39-36-30-28-26-24-22-20-18-16-14-11-8-5-2/h8,11,16,18,22,24,28,30,39,41,45,47,51,53,65H,4-7,9-10,12-15,17,19-21,23,25-27,29,31-38,40,42-44,46,48-50,52,54-64H2,1-3H3/b11-8-,18-16-,24-22-,30-28-,41-39-,47-45-,53-51-. The van der Waals surface area contributed by atoms with Gasteiger partial charge in [-0.15, -0.1) is 0 Å². The number of hydrogen-bond donors (Lipinski definition) is 0. The average Bonchev–Trinajstić information content (AvgIpc) is 3.40. The molecule has 0 heterocycles. The monoisotopic (exact) mass is 1030 g/mol. The van der Waals surface area contributed by atoms with E-state index in [1.54, 1.807) is 0 Å². The van der Waals surface area contributed by atoms with Gasteiger partial charge in [0.15, 0.2) is 6.10 Å². The van der Waals surface area contributed by atoms with Gasteiger partial charge in [-0.05, 0) is 70.6 Å². The minimum atomic E-state index is -0.803. The summed E-state index contributed by atoms with van der Waals surface area (Å²) in [5.41, 5.74) is 0. The summed E-state index contributed by atoms with van der Waals surface area (Å²) in [6.45, 7) is 6.42. The fraction of sp³-hybridized carbons (Fsp3) is 0.750. The van der Waals surface area contributed by atoms with Crippen LogP contribution in [0.3, 0.4) is 0 Å². The zero-order valence-corrected chi connectivity index (χ0v) is 48.8. The third-order valence-electron chi connectivity index (χ3n) is 13.7. The van der Waals surface area contributed by atoms with Gasteiger partial charge in [-0.2, -0.15) is 0 Å². The minimum Gasteiger partial charge on any atom is -0.462 e. The van der Waals surface area contributed by atoms with Crippen molar-refractivity contribution < 1.29 is 28.6 Å². The van der Waals surface area contributed by atoms with Gasteiger partial charge < -0.3 is 14.2 Å². The molecule has 426 valence electrons. The zero-order chi connectivity index (χ0) is 53.6. The molecule has 0 saturated heterocycles. The lowest BCUT2D eigenvalue weighted by molar-refractivity contribution is -0.167. The number of hydrogen-bond acceptors (Lipinski definition) is 6. The van der Waals surface area contributed by atoms with E-state index in [2.05, 4.69) is 106 Å². The lowest BCUT2D eigenvalue weighted by Gasteiger charge is -2.18. The molecule has 0 aromatic carbocycles. The second-order valence-electron chi connectivity index (χ2n) is 21.0. The lowest BCUT2D eigenvalue weighted by atomic mass is 10.0. The summed E-state index contributed by atoms with van der Waals surface area (Å²) >= 11 is 0. The van der Waals surface area contributed by atoms with Crippen LogP contribution >= 0.6 is 0 Å². The molecule has 6 nitrogen and oxygen atoms in total. The van der Waals surface area contributed by atoms with Crippen molar-refractivity contribution in [2.75, 3.05) is 13.2 Å². The second kappa shape index (κ2) is 62.1. The number of ether oxygens (including phenoxy) is 3. The fourth-order valence-electron chi connectivity index (χ4n) is 8.96. The average molecular weight is 1030 g/mol. The molecule has 0 fully saturated rings. The summed E-state index contributed by atoms with van der Waals surface area (Å²) in [5.74, 6) is -0.963. The van der Waals surface area contributed by atoms with Gasteiger partial charge in [-0.3, -0.25) is 14.4 Å². The van der Waals surface area contributed by atoms with Crippen LogP contribution in [0.4, 0.5) is 0 Å². The largest absolute Gasteiger partial charge is 0.462 e. The van der Waals surface area contributed by atoms with Gasteiger partial charge >= 0.3 is 17.9 Å². The Hall–Kier alpha value is -3.41. The van der Waals surface area contributed by atoms with E-state index in [9.17, 15) is 14.4 Å². The number of unbranched alkanes of at least 4 members (excludes halogenated alkanes) is 32. The normalized spacial score (nSPS) is 12.6. The molecule has 0 spiro atoms. The van der Waals surface area contributed by atoms with Gasteiger partial charge in [0.1, 0.15) is 13.2 Å². The molecule has 0 aliphatic heterocycles. The maximum absolute atomic E-state index is 12.8. The lowest BCUT2D eigenvalue weighted by Crippen LogP contribution is -2.30. The number of esters is 3. The number of carbonyl (C=O) groups is 3. The fourth-order valence-corrected chi connectivity index (χ4v) is 8.96. The first-order valence-electron chi connectivity index (χ1n) is 31.6. The summed E-state index contributed by atoms with van der Waals surface area (Å²) in [4.78, 5) is 37.9. The van der Waals surface area contributed by atoms with E-state index in [0.717, 1.165) is 103 Å². The molecule has 0 bridgehead atoms. The molecule has 0 rings (SSSR count). The molecule has 0 aliphatic carbocycles. The van der Waals surface area contributed by atoms with Gasteiger partial charge in [-0.1, -0.05) is 305 Å². The molecule has 6 heteroatoms. The highest BCUT2D eigenvalue weighted by Gasteiger charge is 2.19. The van der Waals surface area contributed by atoms with E-state index in [1.165, 1.54) is 161 Å². The van der Waals surface area contributed by atoms with Crippen LogP contribution < -0.4 is 0 Å².